The predicted octanol–water partition coefficient (Wildman–Crippen LogP) is 2.89. The number of ether oxygens (including phenoxy) is 1. The molecular weight excluding hydrogens is 292 g/mol. The second-order valence-corrected chi connectivity index (χ2v) is 5.08. The minimum absolute atomic E-state index is 0.837. The summed E-state index contributed by atoms with van der Waals surface area (Å²) in [5.41, 5.74) is 1.19. The molecule has 0 aromatic heterocycles. The number of nitrogens with zero attached hydrogens (tertiary/aromatic N) is 1. The van der Waals surface area contributed by atoms with E-state index in [2.05, 4.69) is 46.1 Å². The summed E-state index contributed by atoms with van der Waals surface area (Å²) in [5, 5.41) is 3.46. The molecule has 102 valence electrons. The lowest BCUT2D eigenvalue weighted by Crippen LogP contribution is -2.31. The monoisotopic (exact) mass is 314 g/mol. The number of rotatable bonds is 8. The van der Waals surface area contributed by atoms with Crippen LogP contribution in [0.5, 0.6) is 5.75 Å². The zero-order valence-electron chi connectivity index (χ0n) is 11.5. The summed E-state index contributed by atoms with van der Waals surface area (Å²) in [7, 11) is 1.71. The molecule has 0 saturated carbocycles. The van der Waals surface area contributed by atoms with Crippen LogP contribution < -0.4 is 10.1 Å². The quantitative estimate of drug-likeness (QED) is 0.747. The molecule has 0 fully saturated rings. The first-order chi connectivity index (χ1) is 8.71. The molecule has 0 amide bonds. The van der Waals surface area contributed by atoms with Gasteiger partial charge in [-0.15, -0.1) is 0 Å². The molecule has 18 heavy (non-hydrogen) atoms. The summed E-state index contributed by atoms with van der Waals surface area (Å²) < 4.78 is 6.44. The van der Waals surface area contributed by atoms with Crippen molar-refractivity contribution in [2.45, 2.75) is 20.4 Å². The highest BCUT2D eigenvalue weighted by Crippen LogP contribution is 2.22. The van der Waals surface area contributed by atoms with E-state index < -0.39 is 0 Å². The van der Waals surface area contributed by atoms with Gasteiger partial charge in [-0.25, -0.2) is 0 Å². The third-order valence-electron chi connectivity index (χ3n) is 3.06. The lowest BCUT2D eigenvalue weighted by molar-refractivity contribution is 0.302. The summed E-state index contributed by atoms with van der Waals surface area (Å²) in [6.07, 6.45) is 0. The van der Waals surface area contributed by atoms with Gasteiger partial charge in [0, 0.05) is 29.7 Å². The Morgan fingerprint density at radius 3 is 2.61 bits per heavy atom. The average Bonchev–Trinajstić information content (AvgIpc) is 2.39. The van der Waals surface area contributed by atoms with E-state index in [1.165, 1.54) is 5.56 Å². The van der Waals surface area contributed by atoms with Crippen LogP contribution in [0.15, 0.2) is 22.7 Å². The van der Waals surface area contributed by atoms with E-state index in [0.717, 1.165) is 42.9 Å². The summed E-state index contributed by atoms with van der Waals surface area (Å²) in [6, 6.07) is 6.09. The third-order valence-corrected chi connectivity index (χ3v) is 3.55. The molecule has 0 aliphatic rings. The number of halogens is 1. The fourth-order valence-corrected chi connectivity index (χ4v) is 2.29. The van der Waals surface area contributed by atoms with Gasteiger partial charge in [-0.2, -0.15) is 0 Å². The Labute approximate surface area is 119 Å². The molecule has 0 aliphatic carbocycles. The van der Waals surface area contributed by atoms with E-state index in [-0.39, 0.29) is 0 Å². The SMILES string of the molecule is CCN(CC)CCNCc1cc(Br)ccc1OC. The maximum Gasteiger partial charge on any atom is 0.123 e. The zero-order chi connectivity index (χ0) is 13.4. The molecule has 0 aliphatic heterocycles. The van der Waals surface area contributed by atoms with E-state index in [1.54, 1.807) is 7.11 Å². The molecule has 0 unspecified atom stereocenters. The Balaban J connectivity index is 2.41. The van der Waals surface area contributed by atoms with Crippen molar-refractivity contribution in [1.82, 2.24) is 10.2 Å². The Morgan fingerprint density at radius 2 is 2.00 bits per heavy atom. The lowest BCUT2D eigenvalue weighted by Gasteiger charge is -2.18. The molecule has 0 saturated heterocycles. The van der Waals surface area contributed by atoms with Crippen molar-refractivity contribution in [2.75, 3.05) is 33.3 Å². The Kier molecular flexibility index (Phi) is 7.32. The van der Waals surface area contributed by atoms with Gasteiger partial charge in [-0.05, 0) is 31.3 Å². The zero-order valence-corrected chi connectivity index (χ0v) is 13.1. The van der Waals surface area contributed by atoms with Crippen molar-refractivity contribution < 1.29 is 4.74 Å². The minimum atomic E-state index is 0.837. The molecule has 0 spiro atoms. The summed E-state index contributed by atoms with van der Waals surface area (Å²) in [6.45, 7) is 9.53. The molecule has 1 aromatic carbocycles. The third kappa shape index (κ3) is 4.96. The van der Waals surface area contributed by atoms with Gasteiger partial charge in [0.15, 0.2) is 0 Å². The van der Waals surface area contributed by atoms with Gasteiger partial charge in [0.25, 0.3) is 0 Å². The molecule has 1 aromatic rings. The number of hydrogen-bond donors (Lipinski definition) is 1. The molecule has 1 N–H and O–H groups in total. The van der Waals surface area contributed by atoms with E-state index in [0.29, 0.717) is 0 Å². The van der Waals surface area contributed by atoms with Crippen LogP contribution in [0, 0.1) is 0 Å². The van der Waals surface area contributed by atoms with Gasteiger partial charge in [0.1, 0.15) is 5.75 Å². The lowest BCUT2D eigenvalue weighted by atomic mass is 10.2. The highest BCUT2D eigenvalue weighted by Gasteiger charge is 2.03. The summed E-state index contributed by atoms with van der Waals surface area (Å²) in [5.74, 6) is 0.938. The van der Waals surface area contributed by atoms with Gasteiger partial charge in [-0.3, -0.25) is 0 Å². The van der Waals surface area contributed by atoms with Crippen LogP contribution in [-0.4, -0.2) is 38.2 Å². The topological polar surface area (TPSA) is 24.5 Å². The van der Waals surface area contributed by atoms with Crippen LogP contribution in [0.4, 0.5) is 0 Å². The Hall–Kier alpha value is -0.580. The number of benzene rings is 1. The first kappa shape index (κ1) is 15.5. The maximum atomic E-state index is 5.35. The fraction of sp³-hybridized carbons (Fsp3) is 0.571. The molecule has 0 atom stereocenters. The van der Waals surface area contributed by atoms with Crippen LogP contribution in [-0.2, 0) is 6.54 Å². The van der Waals surface area contributed by atoms with Crippen LogP contribution >= 0.6 is 15.9 Å². The van der Waals surface area contributed by atoms with Crippen molar-refractivity contribution in [3.05, 3.63) is 28.2 Å². The van der Waals surface area contributed by atoms with Crippen molar-refractivity contribution in [3.63, 3.8) is 0 Å². The first-order valence-corrected chi connectivity index (χ1v) is 7.26. The number of likely N-dealkylation sites (N-methyl/N-ethyl adjacent to an activating group) is 1. The summed E-state index contributed by atoms with van der Waals surface area (Å²) in [4.78, 5) is 2.41. The van der Waals surface area contributed by atoms with E-state index in [9.17, 15) is 0 Å². The highest BCUT2D eigenvalue weighted by atomic mass is 79.9. The van der Waals surface area contributed by atoms with Gasteiger partial charge in [-0.1, -0.05) is 29.8 Å². The van der Waals surface area contributed by atoms with Gasteiger partial charge in [0.2, 0.25) is 0 Å². The van der Waals surface area contributed by atoms with Crippen LogP contribution in [0.2, 0.25) is 0 Å². The minimum Gasteiger partial charge on any atom is -0.496 e. The second-order valence-electron chi connectivity index (χ2n) is 4.16. The molecule has 3 nitrogen and oxygen atoms in total. The van der Waals surface area contributed by atoms with E-state index in [1.807, 2.05) is 12.1 Å². The van der Waals surface area contributed by atoms with Crippen LogP contribution in [0.3, 0.4) is 0 Å². The van der Waals surface area contributed by atoms with Crippen molar-refractivity contribution >= 4 is 15.9 Å². The maximum absolute atomic E-state index is 5.35. The molecule has 1 rings (SSSR count). The normalized spacial score (nSPS) is 10.9. The van der Waals surface area contributed by atoms with Crippen molar-refractivity contribution in [2.24, 2.45) is 0 Å². The molecule has 0 bridgehead atoms. The molecule has 0 radical (unpaired) electrons. The highest BCUT2D eigenvalue weighted by molar-refractivity contribution is 9.10. The van der Waals surface area contributed by atoms with Gasteiger partial charge < -0.3 is 15.0 Å². The molecular formula is C14H23BrN2O. The van der Waals surface area contributed by atoms with Crippen LogP contribution in [0.25, 0.3) is 0 Å². The second kappa shape index (κ2) is 8.51. The van der Waals surface area contributed by atoms with Gasteiger partial charge >= 0.3 is 0 Å². The van der Waals surface area contributed by atoms with E-state index >= 15 is 0 Å². The molecule has 4 heteroatoms. The first-order valence-electron chi connectivity index (χ1n) is 6.46. The number of hydrogen-bond acceptors (Lipinski definition) is 3. The van der Waals surface area contributed by atoms with Crippen molar-refractivity contribution in [3.8, 4) is 5.75 Å². The fourth-order valence-electron chi connectivity index (χ4n) is 1.89. The Morgan fingerprint density at radius 1 is 1.28 bits per heavy atom. The van der Waals surface area contributed by atoms with Crippen LogP contribution in [0.1, 0.15) is 19.4 Å². The number of methoxy groups -OCH3 is 1. The summed E-state index contributed by atoms with van der Waals surface area (Å²) >= 11 is 3.49. The standard InChI is InChI=1S/C14H23BrN2O/c1-4-17(5-2)9-8-16-11-12-10-13(15)6-7-14(12)18-3/h6-7,10,16H,4-5,8-9,11H2,1-3H3. The van der Waals surface area contributed by atoms with Crippen molar-refractivity contribution in [1.29, 1.82) is 0 Å². The van der Waals surface area contributed by atoms with E-state index in [4.69, 9.17) is 4.74 Å². The number of nitrogens with one attached hydrogen (secondary N) is 1. The predicted molar refractivity (Wildman–Crippen MR) is 80.2 cm³/mol. The largest absolute Gasteiger partial charge is 0.496 e. The van der Waals surface area contributed by atoms with Gasteiger partial charge in [0.05, 0.1) is 7.11 Å². The molecule has 0 heterocycles. The smallest absolute Gasteiger partial charge is 0.123 e. The average molecular weight is 315 g/mol. The Bertz CT molecular complexity index is 354.